The fourth-order valence-corrected chi connectivity index (χ4v) is 2.31. The van der Waals surface area contributed by atoms with E-state index in [2.05, 4.69) is 10.1 Å². The molecule has 1 unspecified atom stereocenters. The molecule has 0 fully saturated rings. The van der Waals surface area contributed by atoms with Crippen molar-refractivity contribution in [3.63, 3.8) is 0 Å². The van der Waals surface area contributed by atoms with Crippen LogP contribution in [0.4, 0.5) is 5.69 Å². The van der Waals surface area contributed by atoms with Crippen LogP contribution >= 0.6 is 0 Å². The lowest BCUT2D eigenvalue weighted by Gasteiger charge is -2.16. The molecule has 8 nitrogen and oxygen atoms in total. The van der Waals surface area contributed by atoms with E-state index in [1.165, 1.54) is 12.1 Å². The minimum Gasteiger partial charge on any atom is -0.467 e. The lowest BCUT2D eigenvalue weighted by atomic mass is 10.1. The predicted octanol–water partition coefficient (Wildman–Crippen LogP) is -0.0882. The normalized spacial score (nSPS) is 12.4. The van der Waals surface area contributed by atoms with Crippen LogP contribution in [0.25, 0.3) is 0 Å². The quantitative estimate of drug-likeness (QED) is 0.553. The summed E-state index contributed by atoms with van der Waals surface area (Å²) in [4.78, 5) is 25.4. The van der Waals surface area contributed by atoms with Crippen molar-refractivity contribution in [2.45, 2.75) is 6.04 Å². The monoisotopic (exact) mass is 330 g/mol. The molecule has 122 valence electrons. The summed E-state index contributed by atoms with van der Waals surface area (Å²) in [6.45, 7) is 0. The zero-order valence-electron chi connectivity index (χ0n) is 12.4. The van der Waals surface area contributed by atoms with Gasteiger partial charge in [-0.3, -0.25) is 9.35 Å². The van der Waals surface area contributed by atoms with Crippen LogP contribution in [0.5, 0.6) is 0 Å². The second-order valence-corrected chi connectivity index (χ2v) is 6.24. The maximum atomic E-state index is 12.0. The summed E-state index contributed by atoms with van der Waals surface area (Å²) in [5.41, 5.74) is 1.12. The average molecular weight is 330 g/mol. The number of amides is 1. The number of hydrogen-bond donors (Lipinski definition) is 2. The second kappa shape index (κ2) is 7.23. The number of nitrogens with zero attached hydrogens (tertiary/aromatic N) is 1. The van der Waals surface area contributed by atoms with Crippen LogP contribution in [0.1, 0.15) is 10.4 Å². The molecule has 1 rings (SSSR count). The number of hydrogen-bond acceptors (Lipinski definition) is 6. The van der Waals surface area contributed by atoms with Crippen molar-refractivity contribution < 1.29 is 27.3 Å². The van der Waals surface area contributed by atoms with Gasteiger partial charge in [0.2, 0.25) is 0 Å². The summed E-state index contributed by atoms with van der Waals surface area (Å²) in [5, 5.41) is 2.22. The Morgan fingerprint density at radius 3 is 2.23 bits per heavy atom. The molecule has 0 radical (unpaired) electrons. The molecule has 1 aromatic carbocycles. The van der Waals surface area contributed by atoms with Crippen molar-refractivity contribution in [2.24, 2.45) is 0 Å². The Bertz CT molecular complexity index is 639. The van der Waals surface area contributed by atoms with E-state index in [0.29, 0.717) is 0 Å². The molecular formula is C13H18N2O6S. The van der Waals surface area contributed by atoms with Gasteiger partial charge in [-0.25, -0.2) is 4.79 Å². The summed E-state index contributed by atoms with van der Waals surface area (Å²) in [6, 6.07) is 4.98. The molecule has 0 saturated carbocycles. The SMILES string of the molecule is COC(=O)C(CS(=O)(=O)O)NC(=O)c1ccc(N(C)C)cc1. The Labute approximate surface area is 128 Å². The van der Waals surface area contributed by atoms with E-state index in [0.717, 1.165) is 12.8 Å². The molecule has 2 N–H and O–H groups in total. The predicted molar refractivity (Wildman–Crippen MR) is 80.5 cm³/mol. The zero-order chi connectivity index (χ0) is 16.9. The Hall–Kier alpha value is -2.13. The van der Waals surface area contributed by atoms with Gasteiger partial charge in [-0.2, -0.15) is 8.42 Å². The minimum absolute atomic E-state index is 0.245. The van der Waals surface area contributed by atoms with E-state index in [1.807, 2.05) is 19.0 Å². The minimum atomic E-state index is -4.45. The largest absolute Gasteiger partial charge is 0.467 e. The van der Waals surface area contributed by atoms with Crippen molar-refractivity contribution in [3.05, 3.63) is 29.8 Å². The van der Waals surface area contributed by atoms with Crippen molar-refractivity contribution in [3.8, 4) is 0 Å². The first-order valence-electron chi connectivity index (χ1n) is 6.25. The van der Waals surface area contributed by atoms with Crippen LogP contribution in [0.2, 0.25) is 0 Å². The smallest absolute Gasteiger partial charge is 0.329 e. The van der Waals surface area contributed by atoms with E-state index in [-0.39, 0.29) is 5.56 Å². The van der Waals surface area contributed by atoms with Crippen LogP contribution < -0.4 is 10.2 Å². The Kier molecular flexibility index (Phi) is 5.89. The van der Waals surface area contributed by atoms with Crippen LogP contribution in [0, 0.1) is 0 Å². The topological polar surface area (TPSA) is 113 Å². The number of benzene rings is 1. The molecule has 0 heterocycles. The summed E-state index contributed by atoms with van der Waals surface area (Å²) in [5.74, 6) is -2.57. The fraction of sp³-hybridized carbons (Fsp3) is 0.385. The van der Waals surface area contributed by atoms with Crippen molar-refractivity contribution in [1.29, 1.82) is 0 Å². The number of anilines is 1. The summed E-state index contributed by atoms with van der Waals surface area (Å²) >= 11 is 0. The van der Waals surface area contributed by atoms with E-state index in [1.54, 1.807) is 12.1 Å². The summed E-state index contributed by atoms with van der Waals surface area (Å²) in [6.07, 6.45) is 0. The first-order chi connectivity index (χ1) is 10.1. The van der Waals surface area contributed by atoms with E-state index >= 15 is 0 Å². The first-order valence-corrected chi connectivity index (χ1v) is 7.86. The van der Waals surface area contributed by atoms with E-state index in [4.69, 9.17) is 4.55 Å². The Morgan fingerprint density at radius 2 is 1.82 bits per heavy atom. The van der Waals surface area contributed by atoms with Gasteiger partial charge in [0.15, 0.2) is 0 Å². The molecule has 0 aliphatic heterocycles. The van der Waals surface area contributed by atoms with Crippen LogP contribution in [0.3, 0.4) is 0 Å². The summed E-state index contributed by atoms with van der Waals surface area (Å²) < 4.78 is 35.0. The molecule has 0 aromatic heterocycles. The van der Waals surface area contributed by atoms with Gasteiger partial charge in [0, 0.05) is 25.3 Å². The van der Waals surface area contributed by atoms with Crippen LogP contribution in [-0.4, -0.2) is 57.8 Å². The lowest BCUT2D eigenvalue weighted by Crippen LogP contribution is -2.45. The number of carbonyl (C=O) groups excluding carboxylic acids is 2. The number of carbonyl (C=O) groups is 2. The number of rotatable bonds is 6. The third kappa shape index (κ3) is 5.34. The van der Waals surface area contributed by atoms with Gasteiger partial charge in [0.25, 0.3) is 16.0 Å². The van der Waals surface area contributed by atoms with Gasteiger partial charge in [-0.05, 0) is 24.3 Å². The van der Waals surface area contributed by atoms with Crippen molar-refractivity contribution in [2.75, 3.05) is 31.9 Å². The van der Waals surface area contributed by atoms with Gasteiger partial charge in [-0.15, -0.1) is 0 Å². The average Bonchev–Trinajstić information content (AvgIpc) is 2.44. The molecule has 0 bridgehead atoms. The second-order valence-electron chi connectivity index (χ2n) is 4.74. The Balaban J connectivity index is 2.88. The van der Waals surface area contributed by atoms with Crippen LogP contribution in [0.15, 0.2) is 24.3 Å². The third-order valence-corrected chi connectivity index (χ3v) is 3.57. The van der Waals surface area contributed by atoms with Gasteiger partial charge in [0.05, 0.1) is 7.11 Å². The first kappa shape index (κ1) is 17.9. The highest BCUT2D eigenvalue weighted by atomic mass is 32.2. The van der Waals surface area contributed by atoms with Gasteiger partial charge >= 0.3 is 5.97 Å². The molecule has 1 atom stereocenters. The van der Waals surface area contributed by atoms with Crippen LogP contribution in [-0.2, 0) is 19.6 Å². The van der Waals surface area contributed by atoms with Gasteiger partial charge in [0.1, 0.15) is 11.8 Å². The molecular weight excluding hydrogens is 312 g/mol. The fourth-order valence-electron chi connectivity index (χ4n) is 1.67. The van der Waals surface area contributed by atoms with E-state index < -0.39 is 33.8 Å². The maximum absolute atomic E-state index is 12.0. The molecule has 0 saturated heterocycles. The maximum Gasteiger partial charge on any atom is 0.329 e. The summed E-state index contributed by atoms with van der Waals surface area (Å²) in [7, 11) is 0.290. The highest BCUT2D eigenvalue weighted by molar-refractivity contribution is 7.85. The van der Waals surface area contributed by atoms with E-state index in [9.17, 15) is 18.0 Å². The molecule has 1 amide bonds. The van der Waals surface area contributed by atoms with Crippen molar-refractivity contribution >= 4 is 27.7 Å². The highest BCUT2D eigenvalue weighted by Gasteiger charge is 2.27. The highest BCUT2D eigenvalue weighted by Crippen LogP contribution is 2.12. The van der Waals surface area contributed by atoms with Gasteiger partial charge < -0.3 is 15.0 Å². The Morgan fingerprint density at radius 1 is 1.27 bits per heavy atom. The number of methoxy groups -OCH3 is 1. The molecule has 0 aliphatic carbocycles. The van der Waals surface area contributed by atoms with Gasteiger partial charge in [-0.1, -0.05) is 0 Å². The zero-order valence-corrected chi connectivity index (χ0v) is 13.3. The lowest BCUT2D eigenvalue weighted by molar-refractivity contribution is -0.142. The number of nitrogens with one attached hydrogen (secondary N) is 1. The molecule has 0 aliphatic rings. The molecule has 22 heavy (non-hydrogen) atoms. The number of esters is 1. The standard InChI is InChI=1S/C13H18N2O6S/c1-15(2)10-6-4-9(5-7-10)12(16)14-11(13(17)21-3)8-22(18,19)20/h4-7,11H,8H2,1-3H3,(H,14,16)(H,18,19,20). The van der Waals surface area contributed by atoms with Crippen molar-refractivity contribution in [1.82, 2.24) is 5.32 Å². The molecule has 1 aromatic rings. The molecule has 9 heteroatoms. The molecule has 0 spiro atoms. The number of ether oxygens (including phenoxy) is 1. The third-order valence-electron chi connectivity index (χ3n) is 2.81.